The van der Waals surface area contributed by atoms with Crippen LogP contribution in [0.1, 0.15) is 81.5 Å². The number of hydrogen-bond acceptors (Lipinski definition) is 2. The molecule has 1 N–H and O–H groups in total. The van der Waals surface area contributed by atoms with Crippen molar-refractivity contribution in [1.82, 2.24) is 5.32 Å². The lowest BCUT2D eigenvalue weighted by Gasteiger charge is -2.20. The van der Waals surface area contributed by atoms with Crippen molar-refractivity contribution >= 4 is 17.5 Å². The number of hydrogen-bond donors (Lipinski definition) is 1. The van der Waals surface area contributed by atoms with Crippen molar-refractivity contribution in [3.63, 3.8) is 0 Å². The fourth-order valence-electron chi connectivity index (χ4n) is 3.77. The first-order chi connectivity index (χ1) is 12.0. The van der Waals surface area contributed by atoms with Crippen LogP contribution in [-0.4, -0.2) is 18.4 Å². The van der Waals surface area contributed by atoms with E-state index in [-0.39, 0.29) is 11.8 Å². The van der Waals surface area contributed by atoms with Crippen LogP contribution in [0.15, 0.2) is 12.1 Å². The fraction of sp³-hybridized carbons (Fsp3) is 0.619. The SMILES string of the molecule is CCCCCCCCCN1C(=O)C(NC(C)=O)c2cc(C)cc(C)c21. The van der Waals surface area contributed by atoms with E-state index >= 15 is 0 Å². The van der Waals surface area contributed by atoms with Crippen molar-refractivity contribution in [2.24, 2.45) is 0 Å². The van der Waals surface area contributed by atoms with E-state index in [1.54, 1.807) is 0 Å². The Labute approximate surface area is 152 Å². The van der Waals surface area contributed by atoms with Crippen molar-refractivity contribution < 1.29 is 9.59 Å². The minimum absolute atomic E-state index is 0.00452. The summed E-state index contributed by atoms with van der Waals surface area (Å²) in [6, 6.07) is 3.61. The number of unbranched alkanes of at least 4 members (excludes halogenated alkanes) is 6. The summed E-state index contributed by atoms with van der Waals surface area (Å²) in [5.74, 6) is -0.161. The highest BCUT2D eigenvalue weighted by Gasteiger charge is 2.38. The Bertz CT molecular complexity index is 625. The third-order valence-electron chi connectivity index (χ3n) is 4.90. The summed E-state index contributed by atoms with van der Waals surface area (Å²) in [7, 11) is 0. The number of aryl methyl sites for hydroxylation is 2. The number of carbonyl (C=O) groups excluding carboxylic acids is 2. The van der Waals surface area contributed by atoms with Crippen molar-refractivity contribution in [2.45, 2.75) is 78.7 Å². The van der Waals surface area contributed by atoms with Gasteiger partial charge in [-0.3, -0.25) is 9.59 Å². The van der Waals surface area contributed by atoms with Crippen molar-refractivity contribution in [2.75, 3.05) is 11.4 Å². The van der Waals surface area contributed by atoms with E-state index < -0.39 is 6.04 Å². The Morgan fingerprint density at radius 2 is 1.72 bits per heavy atom. The Balaban J connectivity index is 2.04. The smallest absolute Gasteiger partial charge is 0.254 e. The Morgan fingerprint density at radius 1 is 1.08 bits per heavy atom. The van der Waals surface area contributed by atoms with Gasteiger partial charge in [0.25, 0.3) is 5.91 Å². The molecule has 0 bridgehead atoms. The Kier molecular flexibility index (Phi) is 7.03. The summed E-state index contributed by atoms with van der Waals surface area (Å²) < 4.78 is 0. The lowest BCUT2D eigenvalue weighted by Crippen LogP contribution is -2.37. The first-order valence-corrected chi connectivity index (χ1v) is 9.65. The van der Waals surface area contributed by atoms with Gasteiger partial charge in [0.1, 0.15) is 6.04 Å². The minimum atomic E-state index is -0.532. The molecule has 138 valence electrons. The van der Waals surface area contributed by atoms with Gasteiger partial charge in [0.2, 0.25) is 5.91 Å². The number of rotatable bonds is 9. The molecule has 0 saturated carbocycles. The van der Waals surface area contributed by atoms with E-state index in [1.165, 1.54) is 39.0 Å². The van der Waals surface area contributed by atoms with Crippen LogP contribution >= 0.6 is 0 Å². The van der Waals surface area contributed by atoms with Crippen LogP contribution in [0, 0.1) is 13.8 Å². The van der Waals surface area contributed by atoms with Gasteiger partial charge in [-0.05, 0) is 25.8 Å². The summed E-state index contributed by atoms with van der Waals surface area (Å²) in [5, 5.41) is 2.83. The van der Waals surface area contributed by atoms with E-state index in [9.17, 15) is 9.59 Å². The quantitative estimate of drug-likeness (QED) is 0.667. The number of fused-ring (bicyclic) bond motifs is 1. The average Bonchev–Trinajstić information content (AvgIpc) is 2.79. The first-order valence-electron chi connectivity index (χ1n) is 9.65. The van der Waals surface area contributed by atoms with Gasteiger partial charge in [-0.25, -0.2) is 0 Å². The summed E-state index contributed by atoms with van der Waals surface area (Å²) in [6.45, 7) is 8.51. The third kappa shape index (κ3) is 4.83. The van der Waals surface area contributed by atoms with E-state index in [1.807, 2.05) is 24.8 Å². The second kappa shape index (κ2) is 9.02. The fourth-order valence-corrected chi connectivity index (χ4v) is 3.77. The maximum absolute atomic E-state index is 12.9. The third-order valence-corrected chi connectivity index (χ3v) is 4.90. The molecular formula is C21H32N2O2. The zero-order valence-electron chi connectivity index (χ0n) is 16.2. The summed E-state index contributed by atoms with van der Waals surface area (Å²) in [5.41, 5.74) is 4.18. The van der Waals surface area contributed by atoms with E-state index in [4.69, 9.17) is 0 Å². The number of nitrogens with zero attached hydrogens (tertiary/aromatic N) is 1. The molecule has 0 fully saturated rings. The maximum atomic E-state index is 12.9. The minimum Gasteiger partial charge on any atom is -0.341 e. The lowest BCUT2D eigenvalue weighted by atomic mass is 10.0. The molecule has 1 aliphatic heterocycles. The molecule has 0 aliphatic carbocycles. The van der Waals surface area contributed by atoms with Crippen LogP contribution in [-0.2, 0) is 9.59 Å². The number of nitrogens with one attached hydrogen (secondary N) is 1. The topological polar surface area (TPSA) is 49.4 Å². The molecule has 4 heteroatoms. The molecule has 1 heterocycles. The van der Waals surface area contributed by atoms with Crippen LogP contribution in [0.2, 0.25) is 0 Å². The monoisotopic (exact) mass is 344 g/mol. The van der Waals surface area contributed by atoms with E-state index in [0.29, 0.717) is 0 Å². The van der Waals surface area contributed by atoms with Crippen molar-refractivity contribution in [3.8, 4) is 0 Å². The Hall–Kier alpha value is -1.84. The zero-order chi connectivity index (χ0) is 18.4. The molecule has 0 radical (unpaired) electrons. The van der Waals surface area contributed by atoms with E-state index in [2.05, 4.69) is 18.3 Å². The highest BCUT2D eigenvalue weighted by atomic mass is 16.2. The molecule has 0 aromatic heterocycles. The van der Waals surface area contributed by atoms with Gasteiger partial charge >= 0.3 is 0 Å². The maximum Gasteiger partial charge on any atom is 0.254 e. The van der Waals surface area contributed by atoms with Crippen LogP contribution in [0.25, 0.3) is 0 Å². The normalized spacial score (nSPS) is 16.2. The second-order valence-corrected chi connectivity index (χ2v) is 7.26. The van der Waals surface area contributed by atoms with Crippen molar-refractivity contribution in [1.29, 1.82) is 0 Å². The highest BCUT2D eigenvalue weighted by molar-refractivity contribution is 6.06. The van der Waals surface area contributed by atoms with Gasteiger partial charge in [-0.1, -0.05) is 63.1 Å². The first kappa shape index (κ1) is 19.5. The lowest BCUT2D eigenvalue weighted by molar-refractivity contribution is -0.126. The molecule has 1 aliphatic rings. The van der Waals surface area contributed by atoms with Crippen molar-refractivity contribution in [3.05, 3.63) is 28.8 Å². The van der Waals surface area contributed by atoms with Gasteiger partial charge in [0.15, 0.2) is 0 Å². The van der Waals surface area contributed by atoms with Gasteiger partial charge in [0.05, 0.1) is 5.69 Å². The van der Waals surface area contributed by atoms with Gasteiger partial charge in [-0.2, -0.15) is 0 Å². The Morgan fingerprint density at radius 3 is 2.36 bits per heavy atom. The molecule has 1 aromatic rings. The molecule has 0 spiro atoms. The summed E-state index contributed by atoms with van der Waals surface area (Å²) in [6.07, 6.45) is 8.57. The second-order valence-electron chi connectivity index (χ2n) is 7.26. The predicted octanol–water partition coefficient (Wildman–Crippen LogP) is 4.58. The molecule has 2 rings (SSSR count). The zero-order valence-corrected chi connectivity index (χ0v) is 16.2. The number of anilines is 1. The van der Waals surface area contributed by atoms with E-state index in [0.717, 1.165) is 41.8 Å². The van der Waals surface area contributed by atoms with Crippen LogP contribution in [0.5, 0.6) is 0 Å². The number of amides is 2. The van der Waals surface area contributed by atoms with Gasteiger partial charge in [-0.15, -0.1) is 0 Å². The number of carbonyl (C=O) groups is 2. The molecule has 25 heavy (non-hydrogen) atoms. The molecular weight excluding hydrogens is 312 g/mol. The largest absolute Gasteiger partial charge is 0.341 e. The summed E-state index contributed by atoms with van der Waals surface area (Å²) in [4.78, 5) is 26.3. The molecule has 1 aromatic carbocycles. The predicted molar refractivity (Wildman–Crippen MR) is 103 cm³/mol. The van der Waals surface area contributed by atoms with Crippen LogP contribution < -0.4 is 10.2 Å². The average molecular weight is 344 g/mol. The molecule has 4 nitrogen and oxygen atoms in total. The van der Waals surface area contributed by atoms with Gasteiger partial charge < -0.3 is 10.2 Å². The van der Waals surface area contributed by atoms with Crippen LogP contribution in [0.3, 0.4) is 0 Å². The molecule has 1 unspecified atom stereocenters. The standard InChI is InChI=1S/C21H32N2O2/c1-5-6-7-8-9-10-11-12-23-20-16(3)13-15(2)14-18(20)19(21(23)25)22-17(4)24/h13-14,19H,5-12H2,1-4H3,(H,22,24). The van der Waals surface area contributed by atoms with Crippen LogP contribution in [0.4, 0.5) is 5.69 Å². The van der Waals surface area contributed by atoms with Gasteiger partial charge in [0, 0.05) is 19.0 Å². The molecule has 1 atom stereocenters. The summed E-state index contributed by atoms with van der Waals surface area (Å²) >= 11 is 0. The molecule has 2 amide bonds. The molecule has 0 saturated heterocycles. The highest BCUT2D eigenvalue weighted by Crippen LogP contribution is 2.39. The number of benzene rings is 1.